The van der Waals surface area contributed by atoms with Crippen molar-refractivity contribution in [2.45, 2.75) is 13.8 Å². The maximum absolute atomic E-state index is 14.0. The van der Waals surface area contributed by atoms with Crippen molar-refractivity contribution in [3.05, 3.63) is 66.5 Å². The third-order valence-electron chi connectivity index (χ3n) is 3.99. The molecule has 0 atom stereocenters. The predicted molar refractivity (Wildman–Crippen MR) is 101 cm³/mol. The number of benzene rings is 2. The number of aromatic nitrogens is 2. The number of nitrogens with one attached hydrogen (secondary N) is 1. The fraction of sp³-hybridized carbons (Fsp3) is 0.200. The van der Waals surface area contributed by atoms with Gasteiger partial charge in [0.05, 0.1) is 11.4 Å². The highest BCUT2D eigenvalue weighted by atomic mass is 19.1. The molecule has 0 amide bonds. The van der Waals surface area contributed by atoms with Crippen LogP contribution in [0.2, 0.25) is 0 Å². The second-order valence-corrected chi connectivity index (χ2v) is 5.58. The van der Waals surface area contributed by atoms with E-state index in [2.05, 4.69) is 34.0 Å². The van der Waals surface area contributed by atoms with Crippen LogP contribution >= 0.6 is 0 Å². The first-order valence-corrected chi connectivity index (χ1v) is 8.42. The summed E-state index contributed by atoms with van der Waals surface area (Å²) in [7, 11) is 0. The SMILES string of the molecule is CCN(CC)c1cc(-c2ccccc2)nc(Nc2ccccc2F)n1. The Balaban J connectivity index is 2.05. The van der Waals surface area contributed by atoms with Crippen LogP contribution in [0.15, 0.2) is 60.7 Å². The lowest BCUT2D eigenvalue weighted by Crippen LogP contribution is -2.23. The van der Waals surface area contributed by atoms with Gasteiger partial charge in [0.2, 0.25) is 5.95 Å². The van der Waals surface area contributed by atoms with Crippen molar-refractivity contribution in [3.8, 4) is 11.3 Å². The molecule has 5 heteroatoms. The van der Waals surface area contributed by atoms with Gasteiger partial charge < -0.3 is 10.2 Å². The largest absolute Gasteiger partial charge is 0.357 e. The monoisotopic (exact) mass is 336 g/mol. The van der Waals surface area contributed by atoms with Crippen LogP contribution < -0.4 is 10.2 Å². The van der Waals surface area contributed by atoms with E-state index >= 15 is 0 Å². The Morgan fingerprint density at radius 1 is 0.920 bits per heavy atom. The van der Waals surface area contributed by atoms with Crippen molar-refractivity contribution in [1.29, 1.82) is 0 Å². The zero-order valence-corrected chi connectivity index (χ0v) is 14.4. The van der Waals surface area contributed by atoms with Crippen molar-refractivity contribution in [1.82, 2.24) is 9.97 Å². The van der Waals surface area contributed by atoms with E-state index in [4.69, 9.17) is 0 Å². The molecule has 0 fully saturated rings. The number of hydrogen-bond acceptors (Lipinski definition) is 4. The lowest BCUT2D eigenvalue weighted by atomic mass is 10.1. The summed E-state index contributed by atoms with van der Waals surface area (Å²) in [5, 5.41) is 3.00. The molecule has 4 nitrogen and oxygen atoms in total. The van der Waals surface area contributed by atoms with Crippen molar-refractivity contribution < 1.29 is 4.39 Å². The first kappa shape index (κ1) is 16.9. The second-order valence-electron chi connectivity index (χ2n) is 5.58. The lowest BCUT2D eigenvalue weighted by molar-refractivity contribution is 0.631. The molecule has 0 saturated carbocycles. The van der Waals surface area contributed by atoms with Crippen LogP contribution in [0.3, 0.4) is 0 Å². The number of nitrogens with zero attached hydrogens (tertiary/aromatic N) is 3. The number of rotatable bonds is 6. The Bertz CT molecular complexity index is 832. The van der Waals surface area contributed by atoms with E-state index in [1.807, 2.05) is 36.4 Å². The van der Waals surface area contributed by atoms with Crippen LogP contribution in [0.5, 0.6) is 0 Å². The molecule has 128 valence electrons. The van der Waals surface area contributed by atoms with Crippen LogP contribution in [-0.2, 0) is 0 Å². The molecule has 1 N–H and O–H groups in total. The minimum Gasteiger partial charge on any atom is -0.357 e. The van der Waals surface area contributed by atoms with Gasteiger partial charge >= 0.3 is 0 Å². The van der Waals surface area contributed by atoms with Crippen LogP contribution in [0.4, 0.5) is 21.8 Å². The summed E-state index contributed by atoms with van der Waals surface area (Å²) in [5.41, 5.74) is 2.16. The normalized spacial score (nSPS) is 10.5. The summed E-state index contributed by atoms with van der Waals surface area (Å²) in [6.07, 6.45) is 0. The highest BCUT2D eigenvalue weighted by Crippen LogP contribution is 2.25. The van der Waals surface area contributed by atoms with Crippen LogP contribution in [0.1, 0.15) is 13.8 Å². The van der Waals surface area contributed by atoms with E-state index < -0.39 is 0 Å². The van der Waals surface area contributed by atoms with Gasteiger partial charge in [0.1, 0.15) is 11.6 Å². The van der Waals surface area contributed by atoms with Crippen LogP contribution in [0, 0.1) is 5.82 Å². The van der Waals surface area contributed by atoms with Gasteiger partial charge in [-0.1, -0.05) is 42.5 Å². The smallest absolute Gasteiger partial charge is 0.229 e. The molecule has 0 aliphatic heterocycles. The molecular formula is C20H21FN4. The predicted octanol–water partition coefficient (Wildman–Crippen LogP) is 4.87. The summed E-state index contributed by atoms with van der Waals surface area (Å²) in [6.45, 7) is 5.83. The fourth-order valence-electron chi connectivity index (χ4n) is 2.64. The molecule has 0 aliphatic carbocycles. The summed E-state index contributed by atoms with van der Waals surface area (Å²) in [4.78, 5) is 11.3. The van der Waals surface area contributed by atoms with E-state index in [-0.39, 0.29) is 5.82 Å². The molecule has 3 aromatic rings. The first-order valence-electron chi connectivity index (χ1n) is 8.42. The van der Waals surface area contributed by atoms with Gasteiger partial charge in [0.25, 0.3) is 0 Å². The van der Waals surface area contributed by atoms with E-state index in [0.717, 1.165) is 30.2 Å². The highest BCUT2D eigenvalue weighted by molar-refractivity contribution is 5.66. The number of hydrogen-bond donors (Lipinski definition) is 1. The fourth-order valence-corrected chi connectivity index (χ4v) is 2.64. The van der Waals surface area contributed by atoms with Gasteiger partial charge in [-0.15, -0.1) is 0 Å². The van der Waals surface area contributed by atoms with Crippen LogP contribution in [-0.4, -0.2) is 23.1 Å². The summed E-state index contributed by atoms with van der Waals surface area (Å²) in [6, 6.07) is 18.4. The highest BCUT2D eigenvalue weighted by Gasteiger charge is 2.12. The molecule has 1 aromatic heterocycles. The Hall–Kier alpha value is -2.95. The van der Waals surface area contributed by atoms with Gasteiger partial charge in [-0.3, -0.25) is 0 Å². The van der Waals surface area contributed by atoms with Crippen molar-refractivity contribution in [2.24, 2.45) is 0 Å². The number of anilines is 3. The molecule has 1 heterocycles. The van der Waals surface area contributed by atoms with Gasteiger partial charge in [0.15, 0.2) is 0 Å². The maximum Gasteiger partial charge on any atom is 0.229 e. The number of para-hydroxylation sites is 1. The standard InChI is InChI=1S/C20H21FN4/c1-3-25(4-2)19-14-18(15-10-6-5-7-11-15)23-20(24-19)22-17-13-9-8-12-16(17)21/h5-14H,3-4H2,1-2H3,(H,22,23,24). The quantitative estimate of drug-likeness (QED) is 0.697. The van der Waals surface area contributed by atoms with E-state index in [9.17, 15) is 4.39 Å². The van der Waals surface area contributed by atoms with Crippen molar-refractivity contribution in [2.75, 3.05) is 23.3 Å². The van der Waals surface area contributed by atoms with Gasteiger partial charge in [-0.2, -0.15) is 4.98 Å². The van der Waals surface area contributed by atoms with Crippen molar-refractivity contribution in [3.63, 3.8) is 0 Å². The maximum atomic E-state index is 14.0. The zero-order chi connectivity index (χ0) is 17.6. The number of halogens is 1. The molecule has 3 rings (SSSR count). The minimum absolute atomic E-state index is 0.333. The molecule has 0 aliphatic rings. The summed E-state index contributed by atoms with van der Waals surface area (Å²) < 4.78 is 14.0. The average Bonchev–Trinajstić information content (AvgIpc) is 2.65. The molecule has 0 spiro atoms. The molecule has 0 bridgehead atoms. The molecular weight excluding hydrogens is 315 g/mol. The zero-order valence-electron chi connectivity index (χ0n) is 14.4. The van der Waals surface area contributed by atoms with Crippen LogP contribution in [0.25, 0.3) is 11.3 Å². The van der Waals surface area contributed by atoms with Gasteiger partial charge in [-0.25, -0.2) is 9.37 Å². The Morgan fingerprint density at radius 3 is 2.28 bits per heavy atom. The third-order valence-corrected chi connectivity index (χ3v) is 3.99. The van der Waals surface area contributed by atoms with Gasteiger partial charge in [-0.05, 0) is 26.0 Å². The van der Waals surface area contributed by atoms with Gasteiger partial charge in [0, 0.05) is 24.7 Å². The van der Waals surface area contributed by atoms with E-state index in [0.29, 0.717) is 11.6 Å². The lowest BCUT2D eigenvalue weighted by Gasteiger charge is -2.21. The minimum atomic E-state index is -0.333. The first-order chi connectivity index (χ1) is 12.2. The second kappa shape index (κ2) is 7.75. The Labute approximate surface area is 147 Å². The Morgan fingerprint density at radius 2 is 1.60 bits per heavy atom. The molecule has 2 aromatic carbocycles. The molecule has 25 heavy (non-hydrogen) atoms. The molecule has 0 radical (unpaired) electrons. The van der Waals surface area contributed by atoms with Crippen molar-refractivity contribution >= 4 is 17.5 Å². The molecule has 0 saturated heterocycles. The van der Waals surface area contributed by atoms with E-state index in [1.165, 1.54) is 6.07 Å². The Kier molecular flexibility index (Phi) is 5.23. The summed E-state index contributed by atoms with van der Waals surface area (Å²) in [5.74, 6) is 0.867. The molecule has 0 unspecified atom stereocenters. The average molecular weight is 336 g/mol. The third kappa shape index (κ3) is 3.94. The topological polar surface area (TPSA) is 41.1 Å². The van der Waals surface area contributed by atoms with E-state index in [1.54, 1.807) is 18.2 Å². The summed E-state index contributed by atoms with van der Waals surface area (Å²) >= 11 is 0.